The third-order valence-corrected chi connectivity index (χ3v) is 1.46. The van der Waals surface area contributed by atoms with Gasteiger partial charge in [0.25, 0.3) is 0 Å². The van der Waals surface area contributed by atoms with Gasteiger partial charge in [-0.25, -0.2) is 0 Å². The molecule has 0 radical (unpaired) electrons. The molecule has 0 saturated carbocycles. The summed E-state index contributed by atoms with van der Waals surface area (Å²) in [6.45, 7) is 4.10. The predicted molar refractivity (Wildman–Crippen MR) is 19.7 cm³/mol. The first-order valence-corrected chi connectivity index (χ1v) is 2.71. The fourth-order valence-electron chi connectivity index (χ4n) is 0. The Hall–Kier alpha value is 0.690. The van der Waals surface area contributed by atoms with Crippen molar-refractivity contribution in [1.82, 2.24) is 3.53 Å². The van der Waals surface area contributed by atoms with Gasteiger partial charge in [-0.05, 0) is 0 Å². The zero-order valence-electron chi connectivity index (χ0n) is 4.46. The second-order valence-electron chi connectivity index (χ2n) is 1.26. The maximum absolute atomic E-state index is 6.73. The molecule has 2 heteroatoms. The van der Waals surface area contributed by atoms with Crippen LogP contribution in [0.25, 0.3) is 0 Å². The van der Waals surface area contributed by atoms with E-state index in [-0.39, 0.29) is 0 Å². The van der Waals surface area contributed by atoms with Gasteiger partial charge in [-0.2, -0.15) is 0 Å². The van der Waals surface area contributed by atoms with E-state index in [4.69, 9.17) is 0.594 Å². The van der Waals surface area contributed by atoms with Gasteiger partial charge in [-0.1, -0.05) is 0 Å². The maximum atomic E-state index is 6.73. The third-order valence-electron chi connectivity index (χ3n) is 0.218. The van der Waals surface area contributed by atoms with Gasteiger partial charge < -0.3 is 0 Å². The summed E-state index contributed by atoms with van der Waals surface area (Å²) in [6.07, 6.45) is 0. The van der Waals surface area contributed by atoms with Crippen molar-refractivity contribution in [3.05, 3.63) is 0 Å². The molecule has 0 unspecified atom stereocenters. The minimum absolute atomic E-state index is 0.433. The van der Waals surface area contributed by atoms with E-state index in [1.54, 1.807) is 0 Å². The summed E-state index contributed by atoms with van der Waals surface area (Å²) in [5.74, 6) is 0. The van der Waals surface area contributed by atoms with Crippen LogP contribution in [0.2, 0.25) is 0 Å². The van der Waals surface area contributed by atoms with Crippen LogP contribution in [0.3, 0.4) is 0 Å². The first kappa shape index (κ1) is 3.87. The zero-order valence-corrected chi connectivity index (χ0v) is 5.61. The molecule has 1 N–H and O–H groups in total. The van der Waals surface area contributed by atoms with Crippen LogP contribution in [0.15, 0.2) is 0 Å². The Morgan fingerprint density at radius 2 is 2.60 bits per heavy atom. The molecule has 1 nitrogen and oxygen atoms in total. The Labute approximate surface area is 47.1 Å². The first-order valence-electron chi connectivity index (χ1n) is 2.01. The fourth-order valence-corrected chi connectivity index (χ4v) is 0. The molecule has 0 aliphatic carbocycles. The normalized spacial score (nSPS) is 13.0. The average Bonchev–Trinajstić information content (AvgIpc) is 1.35. The standard InChI is InChI=1S/C3H9IN/c1-3(2)5-4/h3-5H,1-2H3/q-1/i4T. The topological polar surface area (TPSA) is 12.0 Å². The average molecular weight is 188 g/mol. The van der Waals surface area contributed by atoms with Crippen LogP contribution >= 0.6 is 0 Å². The SMILES string of the molecule is [3H][I-]NC(C)C. The quantitative estimate of drug-likeness (QED) is 0.364. The molecule has 0 fully saturated rings. The van der Waals surface area contributed by atoms with Gasteiger partial charge in [0.2, 0.25) is 0 Å². The molecule has 0 aromatic heterocycles. The van der Waals surface area contributed by atoms with Crippen molar-refractivity contribution in [3.8, 4) is 0 Å². The molecule has 0 bridgehead atoms. The summed E-state index contributed by atoms with van der Waals surface area (Å²) in [4.78, 5) is 0. The number of rotatable bonds is 2. The molecule has 0 spiro atoms. The molecule has 0 saturated heterocycles. The van der Waals surface area contributed by atoms with Crippen LogP contribution < -0.4 is 26.2 Å². The van der Waals surface area contributed by atoms with Crippen molar-refractivity contribution in [2.75, 3.05) is 0 Å². The Balaban J connectivity index is 2.63. The van der Waals surface area contributed by atoms with Crippen molar-refractivity contribution in [1.29, 1.82) is 0.594 Å². The van der Waals surface area contributed by atoms with Crippen LogP contribution in [0.4, 0.5) is 0 Å². The molecular weight excluding hydrogens is 177 g/mol. The molecule has 0 amide bonds. The summed E-state index contributed by atoms with van der Waals surface area (Å²) in [5.41, 5.74) is 0. The number of hydrogen-bond donors (Lipinski definition) is 1. The molecule has 5 heavy (non-hydrogen) atoms. The third kappa shape index (κ3) is 4.69. The molecule has 0 atom stereocenters. The Kier molecular flexibility index (Phi) is 2.24. The summed E-state index contributed by atoms with van der Waals surface area (Å²) in [7, 11) is 0. The molecule has 0 aromatic carbocycles. The van der Waals surface area contributed by atoms with E-state index >= 15 is 0 Å². The van der Waals surface area contributed by atoms with Gasteiger partial charge in [0, 0.05) is 0 Å². The molecular formula is C3H9IN-. The van der Waals surface area contributed by atoms with E-state index in [9.17, 15) is 0 Å². The molecule has 0 aliphatic heterocycles. The van der Waals surface area contributed by atoms with E-state index < -0.39 is 22.7 Å². The van der Waals surface area contributed by atoms with Gasteiger partial charge in [-0.15, -0.1) is 0 Å². The van der Waals surface area contributed by atoms with Crippen LogP contribution in [0.1, 0.15) is 13.8 Å². The van der Waals surface area contributed by atoms with E-state index in [2.05, 4.69) is 3.53 Å². The van der Waals surface area contributed by atoms with Gasteiger partial charge in [0.15, 0.2) is 0 Å². The Bertz CT molecular complexity index is 32.0. The first-order chi connectivity index (χ1) is 2.77. The van der Waals surface area contributed by atoms with Gasteiger partial charge >= 0.3 is 46.7 Å². The van der Waals surface area contributed by atoms with Crippen LogP contribution in [0, 0.1) is 0 Å². The molecule has 0 aromatic rings. The summed E-state index contributed by atoms with van der Waals surface area (Å²) < 4.78 is 9.72. The number of hydrogen-bond acceptors (Lipinski definition) is 1. The van der Waals surface area contributed by atoms with Crippen molar-refractivity contribution >= 4 is 0 Å². The molecule has 0 aliphatic rings. The zero-order chi connectivity index (χ0) is 4.99. The molecule has 0 heterocycles. The second-order valence-corrected chi connectivity index (χ2v) is 1.89. The van der Waals surface area contributed by atoms with E-state index in [1.807, 2.05) is 13.8 Å². The minimum atomic E-state index is -0.433. The second kappa shape index (κ2) is 2.90. The Morgan fingerprint density at radius 1 is 2.00 bits per heavy atom. The van der Waals surface area contributed by atoms with Crippen molar-refractivity contribution in [2.45, 2.75) is 19.9 Å². The fraction of sp³-hybridized carbons (Fsp3) is 1.00. The number of halogens is 1. The summed E-state index contributed by atoms with van der Waals surface area (Å²) in [6, 6.07) is 0.510. The van der Waals surface area contributed by atoms with Crippen molar-refractivity contribution in [2.24, 2.45) is 0 Å². The van der Waals surface area contributed by atoms with E-state index in [0.29, 0.717) is 6.04 Å². The summed E-state index contributed by atoms with van der Waals surface area (Å²) in [5, 5.41) is 0. The summed E-state index contributed by atoms with van der Waals surface area (Å²) >= 11 is -0.433. The predicted octanol–water partition coefficient (Wildman–Crippen LogP) is -2.81. The molecule has 34 valence electrons. The number of nitrogens with one attached hydrogen (secondary N) is 1. The molecule has 0 rings (SSSR count). The Morgan fingerprint density at radius 3 is 2.60 bits per heavy atom. The van der Waals surface area contributed by atoms with E-state index in [1.165, 1.54) is 0 Å². The van der Waals surface area contributed by atoms with Crippen molar-refractivity contribution < 1.29 is 22.7 Å². The van der Waals surface area contributed by atoms with Gasteiger partial charge in [0.1, 0.15) is 0 Å². The monoisotopic (exact) mass is 188 g/mol. The van der Waals surface area contributed by atoms with Gasteiger partial charge in [0.05, 0.1) is 0 Å². The van der Waals surface area contributed by atoms with E-state index in [0.717, 1.165) is 0 Å². The van der Waals surface area contributed by atoms with Crippen LogP contribution in [0.5, 0.6) is 0 Å². The van der Waals surface area contributed by atoms with Crippen molar-refractivity contribution in [3.63, 3.8) is 0 Å². The van der Waals surface area contributed by atoms with Gasteiger partial charge in [-0.3, -0.25) is 0 Å². The van der Waals surface area contributed by atoms with Crippen LogP contribution in [-0.2, 0) is 0 Å². The van der Waals surface area contributed by atoms with Crippen LogP contribution in [-0.4, -0.2) is 6.64 Å².